The molecule has 1 rings (SSSR count). The van der Waals surface area contributed by atoms with Gasteiger partial charge in [0.05, 0.1) is 6.61 Å². The molecule has 0 aromatic carbocycles. The van der Waals surface area contributed by atoms with Crippen LogP contribution in [0.2, 0.25) is 0 Å². The number of methoxy groups -OCH3 is 1. The highest BCUT2D eigenvalue weighted by Crippen LogP contribution is 2.24. The van der Waals surface area contributed by atoms with Gasteiger partial charge in [0.2, 0.25) is 0 Å². The molecule has 0 aromatic rings. The summed E-state index contributed by atoms with van der Waals surface area (Å²) in [6, 6.07) is 0. The third-order valence-corrected chi connectivity index (χ3v) is 2.87. The Bertz CT molecular complexity index is 394. The lowest BCUT2D eigenvalue weighted by molar-refractivity contribution is -0.228. The summed E-state index contributed by atoms with van der Waals surface area (Å²) in [6.07, 6.45) is -2.93. The van der Waals surface area contributed by atoms with Crippen LogP contribution >= 0.6 is 0 Å². The van der Waals surface area contributed by atoms with Crippen LogP contribution in [0.5, 0.6) is 0 Å². The molecule has 4 atom stereocenters. The summed E-state index contributed by atoms with van der Waals surface area (Å²) in [5.41, 5.74) is 0. The summed E-state index contributed by atoms with van der Waals surface area (Å²) < 4.78 is 25.9. The van der Waals surface area contributed by atoms with Gasteiger partial charge in [-0.25, -0.2) is 0 Å². The van der Waals surface area contributed by atoms with E-state index in [1.165, 1.54) is 27.9 Å². The molecule has 0 unspecified atom stereocenters. The first kappa shape index (κ1) is 17.4. The molecule has 0 aromatic heterocycles. The number of hydrogen-bond donors (Lipinski definition) is 0. The van der Waals surface area contributed by atoms with Gasteiger partial charge in [0.1, 0.15) is 18.8 Å². The van der Waals surface area contributed by atoms with Crippen molar-refractivity contribution in [2.75, 3.05) is 20.3 Å². The van der Waals surface area contributed by atoms with Gasteiger partial charge in [-0.3, -0.25) is 14.4 Å². The van der Waals surface area contributed by atoms with Crippen LogP contribution in [0.15, 0.2) is 0 Å². The molecule has 120 valence electrons. The number of esters is 3. The molecular weight excluding hydrogens is 284 g/mol. The minimum absolute atomic E-state index is 0.0172. The second-order valence-corrected chi connectivity index (χ2v) is 4.60. The molecule has 0 saturated carbocycles. The van der Waals surface area contributed by atoms with E-state index in [-0.39, 0.29) is 13.2 Å². The predicted molar refractivity (Wildman–Crippen MR) is 68.3 cm³/mol. The Morgan fingerprint density at radius 3 is 2.10 bits per heavy atom. The largest absolute Gasteiger partial charge is 0.463 e. The van der Waals surface area contributed by atoms with Crippen LogP contribution in [0, 0.1) is 0 Å². The topological polar surface area (TPSA) is 97.4 Å². The van der Waals surface area contributed by atoms with Gasteiger partial charge in [-0.15, -0.1) is 0 Å². The molecule has 0 aliphatic carbocycles. The zero-order valence-electron chi connectivity index (χ0n) is 12.5. The zero-order valence-corrected chi connectivity index (χ0v) is 12.5. The van der Waals surface area contributed by atoms with Crippen LogP contribution in [0.4, 0.5) is 0 Å². The van der Waals surface area contributed by atoms with Crippen LogP contribution in [-0.2, 0) is 38.1 Å². The van der Waals surface area contributed by atoms with E-state index in [1.54, 1.807) is 0 Å². The molecule has 0 amide bonds. The summed E-state index contributed by atoms with van der Waals surface area (Å²) in [5.74, 6) is -1.51. The maximum atomic E-state index is 11.2. The zero-order chi connectivity index (χ0) is 16.0. The van der Waals surface area contributed by atoms with Crippen molar-refractivity contribution in [3.05, 3.63) is 0 Å². The van der Waals surface area contributed by atoms with Crippen LogP contribution in [-0.4, -0.2) is 62.6 Å². The van der Waals surface area contributed by atoms with Gasteiger partial charge in [-0.2, -0.15) is 0 Å². The molecule has 1 aliphatic rings. The fraction of sp³-hybridized carbons (Fsp3) is 0.769. The summed E-state index contributed by atoms with van der Waals surface area (Å²) >= 11 is 0. The highest BCUT2D eigenvalue weighted by molar-refractivity contribution is 5.67. The van der Waals surface area contributed by atoms with Crippen LogP contribution in [0.25, 0.3) is 0 Å². The molecule has 0 N–H and O–H groups in total. The standard InChI is InChI=1S/C13H20O8/c1-7(14)18-5-10-12(17-4)13(21-9(3)16)11(6-19-10)20-8(2)15/h10-13H,5-6H2,1-4H3/t10-,11+,12-,13-/m0/s1. The van der Waals surface area contributed by atoms with Gasteiger partial charge >= 0.3 is 17.9 Å². The fourth-order valence-electron chi connectivity index (χ4n) is 2.11. The van der Waals surface area contributed by atoms with Crippen molar-refractivity contribution in [2.24, 2.45) is 0 Å². The van der Waals surface area contributed by atoms with E-state index in [4.69, 9.17) is 23.7 Å². The number of ether oxygens (including phenoxy) is 5. The van der Waals surface area contributed by atoms with Crippen LogP contribution < -0.4 is 0 Å². The molecule has 8 nitrogen and oxygen atoms in total. The lowest BCUT2D eigenvalue weighted by Crippen LogP contribution is -2.57. The summed E-state index contributed by atoms with van der Waals surface area (Å²) in [7, 11) is 1.40. The highest BCUT2D eigenvalue weighted by Gasteiger charge is 2.45. The predicted octanol–water partition coefficient (Wildman–Crippen LogP) is -0.173. The van der Waals surface area contributed by atoms with E-state index >= 15 is 0 Å². The van der Waals surface area contributed by atoms with Gasteiger partial charge < -0.3 is 23.7 Å². The average Bonchev–Trinajstić information content (AvgIpc) is 2.37. The molecular formula is C13H20O8. The van der Waals surface area contributed by atoms with Gasteiger partial charge in [0.25, 0.3) is 0 Å². The van der Waals surface area contributed by atoms with Crippen LogP contribution in [0.1, 0.15) is 20.8 Å². The average molecular weight is 304 g/mol. The highest BCUT2D eigenvalue weighted by atomic mass is 16.6. The molecule has 8 heteroatoms. The van der Waals surface area contributed by atoms with Crippen molar-refractivity contribution >= 4 is 17.9 Å². The number of hydrogen-bond acceptors (Lipinski definition) is 8. The van der Waals surface area contributed by atoms with Crippen LogP contribution in [0.3, 0.4) is 0 Å². The number of carbonyl (C=O) groups excluding carboxylic acids is 3. The van der Waals surface area contributed by atoms with Gasteiger partial charge in [-0.05, 0) is 0 Å². The van der Waals surface area contributed by atoms with Crippen molar-refractivity contribution in [3.63, 3.8) is 0 Å². The second kappa shape index (κ2) is 7.94. The molecule has 0 spiro atoms. The van der Waals surface area contributed by atoms with E-state index in [2.05, 4.69) is 0 Å². The van der Waals surface area contributed by atoms with E-state index < -0.39 is 42.3 Å². The first-order valence-electron chi connectivity index (χ1n) is 6.47. The van der Waals surface area contributed by atoms with Gasteiger partial charge in [0.15, 0.2) is 12.2 Å². The molecule has 1 fully saturated rings. The minimum atomic E-state index is -0.828. The Kier molecular flexibility index (Phi) is 6.57. The first-order chi connectivity index (χ1) is 9.85. The summed E-state index contributed by atoms with van der Waals surface area (Å²) in [4.78, 5) is 33.2. The second-order valence-electron chi connectivity index (χ2n) is 4.60. The summed E-state index contributed by atoms with van der Waals surface area (Å²) in [6.45, 7) is 3.74. The Balaban J connectivity index is 2.83. The molecule has 1 saturated heterocycles. The maximum absolute atomic E-state index is 11.2. The van der Waals surface area contributed by atoms with Gasteiger partial charge in [-0.1, -0.05) is 0 Å². The quantitative estimate of drug-likeness (QED) is 0.510. The number of carbonyl (C=O) groups is 3. The molecule has 0 bridgehead atoms. The Labute approximate surface area is 122 Å². The fourth-order valence-corrected chi connectivity index (χ4v) is 2.11. The van der Waals surface area contributed by atoms with E-state index in [0.717, 1.165) is 0 Å². The lowest BCUT2D eigenvalue weighted by atomic mass is 9.99. The molecule has 1 heterocycles. The lowest BCUT2D eigenvalue weighted by Gasteiger charge is -2.40. The Morgan fingerprint density at radius 1 is 1.00 bits per heavy atom. The van der Waals surface area contributed by atoms with Crippen molar-refractivity contribution in [1.82, 2.24) is 0 Å². The van der Waals surface area contributed by atoms with Gasteiger partial charge in [0, 0.05) is 27.9 Å². The minimum Gasteiger partial charge on any atom is -0.463 e. The van der Waals surface area contributed by atoms with Crippen molar-refractivity contribution < 1.29 is 38.1 Å². The van der Waals surface area contributed by atoms with Crippen molar-refractivity contribution in [2.45, 2.75) is 45.2 Å². The third-order valence-electron chi connectivity index (χ3n) is 2.87. The monoisotopic (exact) mass is 304 g/mol. The molecule has 21 heavy (non-hydrogen) atoms. The van der Waals surface area contributed by atoms with E-state index in [9.17, 15) is 14.4 Å². The van der Waals surface area contributed by atoms with Crippen molar-refractivity contribution in [3.8, 4) is 0 Å². The summed E-state index contributed by atoms with van der Waals surface area (Å²) in [5, 5.41) is 0. The smallest absolute Gasteiger partial charge is 0.303 e. The van der Waals surface area contributed by atoms with Crippen molar-refractivity contribution in [1.29, 1.82) is 0 Å². The molecule has 0 radical (unpaired) electrons. The maximum Gasteiger partial charge on any atom is 0.303 e. The number of rotatable bonds is 5. The molecule has 1 aliphatic heterocycles. The third kappa shape index (κ3) is 5.31. The first-order valence-corrected chi connectivity index (χ1v) is 6.47. The SMILES string of the molecule is CO[C@@H]1[C@@H](OC(C)=O)[C@H](OC(C)=O)CO[C@H]1COC(C)=O. The van der Waals surface area contributed by atoms with E-state index in [0.29, 0.717) is 0 Å². The Morgan fingerprint density at radius 2 is 1.62 bits per heavy atom. The normalized spacial score (nSPS) is 28.6. The van der Waals surface area contributed by atoms with E-state index in [1.807, 2.05) is 0 Å². The Hall–Kier alpha value is -1.67.